The van der Waals surface area contributed by atoms with Gasteiger partial charge in [0.1, 0.15) is 6.10 Å². The molecule has 0 bridgehead atoms. The topological polar surface area (TPSA) is 21.3 Å². The fraction of sp³-hybridized carbons (Fsp3) is 0.571. The molecule has 2 fully saturated rings. The largest absolute Gasteiger partial charge is 0.484 e. The minimum Gasteiger partial charge on any atom is -0.484 e. The Bertz CT molecular complexity index is 473. The van der Waals surface area contributed by atoms with Gasteiger partial charge < -0.3 is 10.1 Å². The number of ether oxygens (including phenoxy) is 1. The molecule has 2 nitrogen and oxygen atoms in total. The van der Waals surface area contributed by atoms with Crippen LogP contribution in [0.2, 0.25) is 5.02 Å². The van der Waals surface area contributed by atoms with E-state index in [1.807, 2.05) is 0 Å². The Morgan fingerprint density at radius 1 is 1.21 bits per heavy atom. The van der Waals surface area contributed by atoms with Crippen LogP contribution in [0, 0.1) is 23.5 Å². The van der Waals surface area contributed by atoms with E-state index >= 15 is 0 Å². The van der Waals surface area contributed by atoms with Crippen LogP contribution in [0.15, 0.2) is 12.1 Å². The zero-order chi connectivity index (χ0) is 13.4. The van der Waals surface area contributed by atoms with Crippen molar-refractivity contribution in [3.05, 3.63) is 28.8 Å². The third kappa shape index (κ3) is 2.70. The number of halogens is 3. The van der Waals surface area contributed by atoms with E-state index < -0.39 is 11.6 Å². The lowest BCUT2D eigenvalue weighted by Gasteiger charge is -2.24. The third-order valence-electron chi connectivity index (χ3n) is 3.91. The lowest BCUT2D eigenvalue weighted by Crippen LogP contribution is -2.31. The van der Waals surface area contributed by atoms with Crippen LogP contribution >= 0.6 is 11.6 Å². The first-order valence-corrected chi connectivity index (χ1v) is 7.05. The second kappa shape index (κ2) is 5.25. The number of hydrogen-bond donors (Lipinski definition) is 1. The van der Waals surface area contributed by atoms with Crippen molar-refractivity contribution in [1.82, 2.24) is 5.32 Å². The zero-order valence-corrected chi connectivity index (χ0v) is 11.2. The molecule has 104 valence electrons. The number of benzene rings is 1. The summed E-state index contributed by atoms with van der Waals surface area (Å²) in [5, 5.41) is 3.17. The van der Waals surface area contributed by atoms with E-state index in [4.69, 9.17) is 16.3 Å². The highest BCUT2D eigenvalue weighted by Crippen LogP contribution is 2.41. The van der Waals surface area contributed by atoms with Crippen LogP contribution in [-0.4, -0.2) is 19.2 Å². The van der Waals surface area contributed by atoms with Gasteiger partial charge in [-0.15, -0.1) is 0 Å². The molecule has 1 saturated carbocycles. The second-order valence-corrected chi connectivity index (χ2v) is 5.75. The molecule has 0 amide bonds. The molecule has 19 heavy (non-hydrogen) atoms. The number of nitrogens with one attached hydrogen (secondary N) is 1. The van der Waals surface area contributed by atoms with Gasteiger partial charge in [0.2, 0.25) is 0 Å². The lowest BCUT2D eigenvalue weighted by molar-refractivity contribution is 0.110. The Kier molecular flexibility index (Phi) is 3.63. The van der Waals surface area contributed by atoms with E-state index in [-0.39, 0.29) is 16.9 Å². The molecular weight excluding hydrogens is 272 g/mol. The summed E-state index contributed by atoms with van der Waals surface area (Å²) in [5.41, 5.74) is 0. The summed E-state index contributed by atoms with van der Waals surface area (Å²) in [7, 11) is 0. The van der Waals surface area contributed by atoms with Crippen molar-refractivity contribution in [2.24, 2.45) is 11.8 Å². The number of hydrogen-bond acceptors (Lipinski definition) is 2. The fourth-order valence-corrected chi connectivity index (χ4v) is 2.86. The highest BCUT2D eigenvalue weighted by Gasteiger charge is 2.40. The number of rotatable bonds is 4. The van der Waals surface area contributed by atoms with E-state index in [9.17, 15) is 8.78 Å². The maximum atomic E-state index is 13.9. The highest BCUT2D eigenvalue weighted by atomic mass is 35.5. The van der Waals surface area contributed by atoms with Gasteiger partial charge in [-0.2, -0.15) is 0 Å². The first-order chi connectivity index (χ1) is 9.16. The molecule has 5 heteroatoms. The Morgan fingerprint density at radius 3 is 2.63 bits per heavy atom. The Labute approximate surface area is 116 Å². The average Bonchev–Trinajstić information content (AvgIpc) is 3.09. The van der Waals surface area contributed by atoms with Gasteiger partial charge >= 0.3 is 0 Å². The van der Waals surface area contributed by atoms with Crippen molar-refractivity contribution in [2.75, 3.05) is 13.1 Å². The van der Waals surface area contributed by atoms with E-state index in [1.54, 1.807) is 0 Å². The van der Waals surface area contributed by atoms with Crippen LogP contribution in [-0.2, 0) is 0 Å². The van der Waals surface area contributed by atoms with Crippen LogP contribution in [0.4, 0.5) is 8.78 Å². The summed E-state index contributed by atoms with van der Waals surface area (Å²) in [6.07, 6.45) is 3.03. The van der Waals surface area contributed by atoms with E-state index in [2.05, 4.69) is 5.32 Å². The van der Waals surface area contributed by atoms with Gasteiger partial charge in [-0.05, 0) is 43.9 Å². The van der Waals surface area contributed by atoms with Gasteiger partial charge in [-0.1, -0.05) is 11.6 Å². The van der Waals surface area contributed by atoms with Crippen molar-refractivity contribution in [1.29, 1.82) is 0 Å². The standard InChI is InChI=1S/C14H16ClF2NO/c15-10-3-4-11(16)14(12(10)17)19-13(8-1-2-8)9-5-6-18-7-9/h3-4,8-9,13,18H,1-2,5-7H2/t9-,13?/m0/s1. The predicted octanol–water partition coefficient (Wildman–Crippen LogP) is 3.39. The summed E-state index contributed by atoms with van der Waals surface area (Å²) in [6, 6.07) is 2.36. The molecule has 1 unspecified atom stereocenters. The van der Waals surface area contributed by atoms with Gasteiger partial charge in [0.05, 0.1) is 5.02 Å². The molecule has 0 aromatic heterocycles. The Hall–Kier alpha value is -0.870. The van der Waals surface area contributed by atoms with Crippen molar-refractivity contribution in [2.45, 2.75) is 25.4 Å². The van der Waals surface area contributed by atoms with Crippen LogP contribution < -0.4 is 10.1 Å². The molecule has 1 aromatic carbocycles. The molecule has 1 saturated heterocycles. The highest BCUT2D eigenvalue weighted by molar-refractivity contribution is 6.30. The molecule has 0 spiro atoms. The van der Waals surface area contributed by atoms with Gasteiger partial charge in [0, 0.05) is 12.5 Å². The quantitative estimate of drug-likeness (QED) is 0.857. The normalized spacial score (nSPS) is 24.5. The average molecular weight is 288 g/mol. The predicted molar refractivity (Wildman–Crippen MR) is 69.5 cm³/mol. The van der Waals surface area contributed by atoms with Gasteiger partial charge in [0.25, 0.3) is 0 Å². The van der Waals surface area contributed by atoms with Gasteiger partial charge in [0.15, 0.2) is 17.4 Å². The molecule has 1 aromatic rings. The summed E-state index contributed by atoms with van der Waals surface area (Å²) < 4.78 is 33.3. The molecule has 2 aliphatic rings. The summed E-state index contributed by atoms with van der Waals surface area (Å²) in [6.45, 7) is 1.79. The minimum absolute atomic E-state index is 0.101. The smallest absolute Gasteiger partial charge is 0.192 e. The lowest BCUT2D eigenvalue weighted by atomic mass is 9.97. The van der Waals surface area contributed by atoms with E-state index in [0.29, 0.717) is 11.8 Å². The SMILES string of the molecule is Fc1ccc(Cl)c(F)c1OC(C1CC1)[C@H]1CCNC1. The monoisotopic (exact) mass is 287 g/mol. The molecule has 3 rings (SSSR count). The van der Waals surface area contributed by atoms with Crippen molar-refractivity contribution < 1.29 is 13.5 Å². The van der Waals surface area contributed by atoms with E-state index in [0.717, 1.165) is 38.4 Å². The molecule has 2 atom stereocenters. The van der Waals surface area contributed by atoms with Crippen molar-refractivity contribution in [3.8, 4) is 5.75 Å². The van der Waals surface area contributed by atoms with Crippen LogP contribution in [0.25, 0.3) is 0 Å². The first-order valence-electron chi connectivity index (χ1n) is 6.67. The Balaban J connectivity index is 1.83. The van der Waals surface area contributed by atoms with Gasteiger partial charge in [-0.25, -0.2) is 8.78 Å². The zero-order valence-electron chi connectivity index (χ0n) is 10.5. The van der Waals surface area contributed by atoms with Crippen LogP contribution in [0.1, 0.15) is 19.3 Å². The second-order valence-electron chi connectivity index (χ2n) is 5.35. The van der Waals surface area contributed by atoms with Crippen LogP contribution in [0.3, 0.4) is 0 Å². The molecular formula is C14H16ClF2NO. The minimum atomic E-state index is -0.793. The molecule has 1 N–H and O–H groups in total. The summed E-state index contributed by atoms with van der Waals surface area (Å²) in [5.74, 6) is -1.05. The van der Waals surface area contributed by atoms with E-state index in [1.165, 1.54) is 6.07 Å². The van der Waals surface area contributed by atoms with Crippen molar-refractivity contribution >= 4 is 11.6 Å². The third-order valence-corrected chi connectivity index (χ3v) is 4.20. The maximum absolute atomic E-state index is 13.9. The van der Waals surface area contributed by atoms with Crippen molar-refractivity contribution in [3.63, 3.8) is 0 Å². The molecule has 1 aliphatic carbocycles. The molecule has 1 aliphatic heterocycles. The fourth-order valence-electron chi connectivity index (χ4n) is 2.71. The summed E-state index contributed by atoms with van der Waals surface area (Å²) >= 11 is 5.69. The summed E-state index contributed by atoms with van der Waals surface area (Å²) in [4.78, 5) is 0. The molecule has 0 radical (unpaired) electrons. The van der Waals surface area contributed by atoms with Crippen LogP contribution in [0.5, 0.6) is 5.75 Å². The maximum Gasteiger partial charge on any atom is 0.192 e. The first kappa shape index (κ1) is 13.1. The van der Waals surface area contributed by atoms with Gasteiger partial charge in [-0.3, -0.25) is 0 Å². The molecule has 1 heterocycles. The Morgan fingerprint density at radius 2 is 2.00 bits per heavy atom.